The van der Waals surface area contributed by atoms with Gasteiger partial charge in [-0.05, 0) is 48.2 Å². The molecule has 1 aliphatic heterocycles. The number of carbonyl (C=O) groups is 3. The molecule has 186 valence electrons. The van der Waals surface area contributed by atoms with Crippen LogP contribution in [0, 0.1) is 16.0 Å². The highest BCUT2D eigenvalue weighted by atomic mass is 32.2. The van der Waals surface area contributed by atoms with Crippen molar-refractivity contribution in [1.29, 1.82) is 0 Å². The van der Waals surface area contributed by atoms with Crippen molar-refractivity contribution in [3.63, 3.8) is 0 Å². The Morgan fingerprint density at radius 1 is 1.20 bits per heavy atom. The third kappa shape index (κ3) is 7.00. The molecule has 2 aromatic carbocycles. The number of carbonyl (C=O) groups excluding carboxylic acids is 3. The van der Waals surface area contributed by atoms with E-state index < -0.39 is 43.1 Å². The van der Waals surface area contributed by atoms with Gasteiger partial charge in [-0.15, -0.1) is 12.6 Å². The van der Waals surface area contributed by atoms with Gasteiger partial charge in [0.25, 0.3) is 15.8 Å². The van der Waals surface area contributed by atoms with Crippen LogP contribution in [0.5, 0.6) is 0 Å². The number of non-ortho nitro benzene ring substituents is 1. The lowest BCUT2D eigenvalue weighted by atomic mass is 10.0. The number of amides is 2. The van der Waals surface area contributed by atoms with E-state index in [4.69, 9.17) is 4.74 Å². The quantitative estimate of drug-likeness (QED) is 0.203. The van der Waals surface area contributed by atoms with E-state index in [1.165, 1.54) is 36.4 Å². The van der Waals surface area contributed by atoms with Crippen LogP contribution in [0.2, 0.25) is 0 Å². The van der Waals surface area contributed by atoms with Crippen LogP contribution < -0.4 is 5.32 Å². The molecule has 0 spiro atoms. The number of hydrogen-bond donors (Lipinski definition) is 3. The molecule has 1 aliphatic rings. The number of thiol groups is 1. The van der Waals surface area contributed by atoms with Crippen molar-refractivity contribution >= 4 is 51.2 Å². The molecule has 14 heteroatoms. The first-order valence-electron chi connectivity index (χ1n) is 10.2. The zero-order chi connectivity index (χ0) is 25.8. The molecule has 1 fully saturated rings. The number of likely N-dealkylation sites (tertiary alicyclic amines) is 1. The molecule has 0 saturated carbocycles. The van der Waals surface area contributed by atoms with Crippen LogP contribution in [-0.2, 0) is 31.1 Å². The van der Waals surface area contributed by atoms with Crippen molar-refractivity contribution < 1.29 is 37.0 Å². The molecule has 0 aromatic heterocycles. The van der Waals surface area contributed by atoms with Crippen LogP contribution in [0.1, 0.15) is 18.4 Å². The van der Waals surface area contributed by atoms with Crippen LogP contribution >= 0.6 is 12.6 Å². The van der Waals surface area contributed by atoms with Gasteiger partial charge in [0.05, 0.1) is 9.82 Å². The summed E-state index contributed by atoms with van der Waals surface area (Å²) in [7, 11) is -4.49. The number of nitro benzene ring substituents is 1. The summed E-state index contributed by atoms with van der Waals surface area (Å²) in [4.78, 5) is 48.1. The second kappa shape index (κ2) is 10.8. The molecule has 12 nitrogen and oxygen atoms in total. The van der Waals surface area contributed by atoms with Crippen molar-refractivity contribution in [2.24, 2.45) is 5.92 Å². The summed E-state index contributed by atoms with van der Waals surface area (Å²) in [5.41, 5.74) is 0.458. The fourth-order valence-electron chi connectivity index (χ4n) is 3.67. The van der Waals surface area contributed by atoms with Gasteiger partial charge in [-0.3, -0.25) is 29.2 Å². The molecule has 0 unspecified atom stereocenters. The van der Waals surface area contributed by atoms with Gasteiger partial charge in [0.2, 0.25) is 5.91 Å². The molecule has 0 bridgehead atoms. The maximum absolute atomic E-state index is 13.0. The first-order valence-corrected chi connectivity index (χ1v) is 12.1. The third-order valence-electron chi connectivity index (χ3n) is 5.30. The first kappa shape index (κ1) is 26.1. The molecule has 2 aromatic rings. The summed E-state index contributed by atoms with van der Waals surface area (Å²) in [5, 5.41) is 12.9. The maximum Gasteiger partial charge on any atom is 0.410 e. The summed E-state index contributed by atoms with van der Waals surface area (Å²) >= 11 is 3.76. The van der Waals surface area contributed by atoms with Gasteiger partial charge in [-0.1, -0.05) is 6.07 Å². The number of anilines is 1. The number of nitrogens with one attached hydrogen (secondary N) is 1. The van der Waals surface area contributed by atoms with Crippen molar-refractivity contribution in [2.75, 3.05) is 11.9 Å². The van der Waals surface area contributed by atoms with Gasteiger partial charge in [0.15, 0.2) is 5.12 Å². The SMILES string of the molecule is O=C(S)C[C@@H]1C[C@@H](C(=O)Nc2cccc(S(=O)(=O)O)c2)N(C(=O)OCc2ccc([N+](=O)[O-])cc2)C1. The molecule has 3 rings (SSSR count). The minimum absolute atomic E-state index is 0.0251. The zero-order valence-electron chi connectivity index (χ0n) is 18.1. The predicted octanol–water partition coefficient (Wildman–Crippen LogP) is 2.65. The summed E-state index contributed by atoms with van der Waals surface area (Å²) in [6.45, 7) is -0.150. The highest BCUT2D eigenvalue weighted by molar-refractivity contribution is 7.96. The number of benzene rings is 2. The molecular weight excluding hydrogens is 502 g/mol. The minimum Gasteiger partial charge on any atom is -0.445 e. The summed E-state index contributed by atoms with van der Waals surface area (Å²) < 4.78 is 37.2. The second-order valence-electron chi connectivity index (χ2n) is 7.84. The normalized spacial score (nSPS) is 17.6. The van der Waals surface area contributed by atoms with Crippen LogP contribution in [0.15, 0.2) is 53.4 Å². The Kier molecular flexibility index (Phi) is 8.09. The van der Waals surface area contributed by atoms with E-state index in [1.807, 2.05) is 0 Å². The fourth-order valence-corrected chi connectivity index (χ4v) is 4.45. The molecular formula is C21H21N3O9S2. The monoisotopic (exact) mass is 523 g/mol. The largest absolute Gasteiger partial charge is 0.445 e. The van der Waals surface area contributed by atoms with E-state index in [9.17, 15) is 37.5 Å². The molecule has 2 N–H and O–H groups in total. The van der Waals surface area contributed by atoms with Crippen molar-refractivity contribution in [2.45, 2.75) is 30.4 Å². The van der Waals surface area contributed by atoms with Gasteiger partial charge in [0.1, 0.15) is 12.6 Å². The summed E-state index contributed by atoms with van der Waals surface area (Å²) in [6, 6.07) is 9.33. The van der Waals surface area contributed by atoms with E-state index in [-0.39, 0.29) is 43.3 Å². The second-order valence-corrected chi connectivity index (χ2v) is 9.76. The first-order chi connectivity index (χ1) is 16.4. The van der Waals surface area contributed by atoms with E-state index in [2.05, 4.69) is 17.9 Å². The van der Waals surface area contributed by atoms with Crippen molar-refractivity contribution in [1.82, 2.24) is 4.90 Å². The molecule has 1 heterocycles. The van der Waals surface area contributed by atoms with Gasteiger partial charge in [0, 0.05) is 30.8 Å². The average Bonchev–Trinajstić information content (AvgIpc) is 3.20. The number of nitrogens with zero attached hydrogens (tertiary/aromatic N) is 2. The van der Waals surface area contributed by atoms with E-state index in [0.29, 0.717) is 5.56 Å². The maximum atomic E-state index is 13.0. The molecule has 1 saturated heterocycles. The van der Waals surface area contributed by atoms with Crippen molar-refractivity contribution in [3.05, 3.63) is 64.2 Å². The Hall–Kier alpha value is -3.49. The van der Waals surface area contributed by atoms with Gasteiger partial charge < -0.3 is 10.1 Å². The lowest BCUT2D eigenvalue weighted by molar-refractivity contribution is -0.384. The number of hydrogen-bond acceptors (Lipinski definition) is 8. The van der Waals surface area contributed by atoms with Crippen LogP contribution in [0.3, 0.4) is 0 Å². The van der Waals surface area contributed by atoms with Gasteiger partial charge >= 0.3 is 6.09 Å². The van der Waals surface area contributed by atoms with Crippen LogP contribution in [0.4, 0.5) is 16.2 Å². The topological polar surface area (TPSA) is 173 Å². The van der Waals surface area contributed by atoms with E-state index in [0.717, 1.165) is 17.0 Å². The molecule has 2 amide bonds. The van der Waals surface area contributed by atoms with Crippen LogP contribution in [-0.4, -0.2) is 52.5 Å². The van der Waals surface area contributed by atoms with Gasteiger partial charge in [-0.2, -0.15) is 8.42 Å². The minimum atomic E-state index is -4.49. The number of ether oxygens (including phenoxy) is 1. The number of nitro groups is 1. The summed E-state index contributed by atoms with van der Waals surface area (Å²) in [6.07, 6.45) is -0.663. The zero-order valence-corrected chi connectivity index (χ0v) is 19.8. The molecule has 35 heavy (non-hydrogen) atoms. The standard InChI is InChI=1S/C21H21N3O9S2/c25-19(34)9-14-8-18(20(26)22-15-2-1-3-17(10-15)35(30,31)32)23(11-14)21(27)33-12-13-4-6-16(7-5-13)24(28)29/h1-7,10,14,18H,8-9,11-12H2,(H,22,26)(H,25,34)(H,30,31,32)/t14-,18-/m0/s1. The van der Waals surface area contributed by atoms with Gasteiger partial charge in [-0.25, -0.2) is 4.79 Å². The number of rotatable bonds is 8. The predicted molar refractivity (Wildman–Crippen MR) is 125 cm³/mol. The molecule has 2 atom stereocenters. The van der Waals surface area contributed by atoms with E-state index >= 15 is 0 Å². The third-order valence-corrected chi connectivity index (χ3v) is 6.33. The average molecular weight is 524 g/mol. The highest BCUT2D eigenvalue weighted by Gasteiger charge is 2.41. The lowest BCUT2D eigenvalue weighted by Crippen LogP contribution is -2.43. The van der Waals surface area contributed by atoms with E-state index in [1.54, 1.807) is 0 Å². The summed E-state index contributed by atoms with van der Waals surface area (Å²) in [5.74, 6) is -0.995. The Morgan fingerprint density at radius 3 is 2.49 bits per heavy atom. The van der Waals surface area contributed by atoms with Crippen molar-refractivity contribution in [3.8, 4) is 0 Å². The fraction of sp³-hybridized carbons (Fsp3) is 0.286. The van der Waals surface area contributed by atoms with Crippen LogP contribution in [0.25, 0.3) is 0 Å². The molecule has 0 aliphatic carbocycles. The highest BCUT2D eigenvalue weighted by Crippen LogP contribution is 2.29. The smallest absolute Gasteiger partial charge is 0.410 e. The Bertz CT molecular complexity index is 1250. The Labute approximate surface area is 205 Å². The lowest BCUT2D eigenvalue weighted by Gasteiger charge is -2.23. The Morgan fingerprint density at radius 2 is 1.89 bits per heavy atom. The Balaban J connectivity index is 1.72. The molecule has 0 radical (unpaired) electrons.